The minimum atomic E-state index is 0.0687. The maximum Gasteiger partial charge on any atom is 0.141 e. The quantitative estimate of drug-likeness (QED) is 0.733. The zero-order chi connectivity index (χ0) is 10.7. The molecule has 4 heteroatoms. The van der Waals surface area contributed by atoms with Crippen LogP contribution < -0.4 is 0 Å². The van der Waals surface area contributed by atoms with Gasteiger partial charge in [0.2, 0.25) is 0 Å². The van der Waals surface area contributed by atoms with Gasteiger partial charge in [-0.05, 0) is 13.8 Å². The van der Waals surface area contributed by atoms with Crippen LogP contribution in [0.1, 0.15) is 39.4 Å². The number of nitrogens with zero attached hydrogens (tertiary/aromatic N) is 3. The third-order valence-corrected chi connectivity index (χ3v) is 2.09. The van der Waals surface area contributed by atoms with E-state index in [2.05, 4.69) is 10.3 Å². The largest absolute Gasteiger partial charge is 0.299 e. The van der Waals surface area contributed by atoms with Crippen molar-refractivity contribution in [1.29, 1.82) is 0 Å². The monoisotopic (exact) mass is 195 g/mol. The third-order valence-electron chi connectivity index (χ3n) is 2.09. The Morgan fingerprint density at radius 3 is 2.50 bits per heavy atom. The summed E-state index contributed by atoms with van der Waals surface area (Å²) in [6.45, 7) is 7.86. The molecule has 14 heavy (non-hydrogen) atoms. The summed E-state index contributed by atoms with van der Waals surface area (Å²) in [4.78, 5) is 11.4. The maximum atomic E-state index is 11.4. The van der Waals surface area contributed by atoms with E-state index in [1.54, 1.807) is 4.68 Å². The SMILES string of the molecule is CC(C)C(=O)Cc1cn(C(C)C)nn1. The van der Waals surface area contributed by atoms with E-state index < -0.39 is 0 Å². The van der Waals surface area contributed by atoms with Gasteiger partial charge >= 0.3 is 0 Å². The van der Waals surface area contributed by atoms with Gasteiger partial charge in [-0.15, -0.1) is 5.10 Å². The highest BCUT2D eigenvalue weighted by Gasteiger charge is 2.11. The van der Waals surface area contributed by atoms with Crippen LogP contribution in [0.25, 0.3) is 0 Å². The second kappa shape index (κ2) is 4.35. The summed E-state index contributed by atoms with van der Waals surface area (Å²) in [5.41, 5.74) is 0.761. The molecular formula is C10H17N3O. The Bertz CT molecular complexity index is 315. The lowest BCUT2D eigenvalue weighted by molar-refractivity contribution is -0.121. The highest BCUT2D eigenvalue weighted by molar-refractivity contribution is 5.82. The fourth-order valence-corrected chi connectivity index (χ4v) is 1.03. The molecule has 0 radical (unpaired) electrons. The molecule has 0 bridgehead atoms. The Labute approximate surface area is 84.3 Å². The standard InChI is InChI=1S/C10H17N3O/c1-7(2)10(14)5-9-6-13(8(3)4)12-11-9/h6-8H,5H2,1-4H3. The van der Waals surface area contributed by atoms with Crippen LogP contribution in [0.2, 0.25) is 0 Å². The van der Waals surface area contributed by atoms with Crippen molar-refractivity contribution in [3.63, 3.8) is 0 Å². The van der Waals surface area contributed by atoms with Gasteiger partial charge in [-0.2, -0.15) is 0 Å². The Morgan fingerprint density at radius 2 is 2.07 bits per heavy atom. The van der Waals surface area contributed by atoms with Crippen LogP contribution in [0.4, 0.5) is 0 Å². The summed E-state index contributed by atoms with van der Waals surface area (Å²) in [5, 5.41) is 7.89. The van der Waals surface area contributed by atoms with E-state index in [-0.39, 0.29) is 11.7 Å². The van der Waals surface area contributed by atoms with E-state index in [0.29, 0.717) is 12.5 Å². The van der Waals surface area contributed by atoms with E-state index in [1.807, 2.05) is 33.9 Å². The lowest BCUT2D eigenvalue weighted by Crippen LogP contribution is -2.10. The van der Waals surface area contributed by atoms with Gasteiger partial charge in [-0.3, -0.25) is 4.79 Å². The van der Waals surface area contributed by atoms with Crippen molar-refractivity contribution < 1.29 is 4.79 Å². The topological polar surface area (TPSA) is 47.8 Å². The van der Waals surface area contributed by atoms with Gasteiger partial charge in [0.25, 0.3) is 0 Å². The first-order valence-corrected chi connectivity index (χ1v) is 4.94. The fourth-order valence-electron chi connectivity index (χ4n) is 1.03. The summed E-state index contributed by atoms with van der Waals surface area (Å²) in [5.74, 6) is 0.278. The minimum absolute atomic E-state index is 0.0687. The van der Waals surface area contributed by atoms with Crippen molar-refractivity contribution in [2.75, 3.05) is 0 Å². The van der Waals surface area contributed by atoms with Crippen LogP contribution in [-0.4, -0.2) is 20.8 Å². The molecule has 0 aliphatic rings. The number of hydrogen-bond acceptors (Lipinski definition) is 3. The van der Waals surface area contributed by atoms with E-state index in [1.165, 1.54) is 0 Å². The van der Waals surface area contributed by atoms with Crippen molar-refractivity contribution in [3.8, 4) is 0 Å². The number of carbonyl (C=O) groups excluding carboxylic acids is 1. The Kier molecular flexibility index (Phi) is 3.38. The molecule has 78 valence electrons. The molecule has 0 saturated heterocycles. The van der Waals surface area contributed by atoms with Gasteiger partial charge in [-0.1, -0.05) is 19.1 Å². The van der Waals surface area contributed by atoms with Gasteiger partial charge < -0.3 is 0 Å². The van der Waals surface area contributed by atoms with E-state index in [9.17, 15) is 4.79 Å². The van der Waals surface area contributed by atoms with Crippen molar-refractivity contribution in [1.82, 2.24) is 15.0 Å². The first kappa shape index (κ1) is 10.9. The number of carbonyl (C=O) groups is 1. The zero-order valence-corrected chi connectivity index (χ0v) is 9.19. The Hall–Kier alpha value is -1.19. The van der Waals surface area contributed by atoms with Crippen LogP contribution in [0.15, 0.2) is 6.20 Å². The summed E-state index contributed by atoms with van der Waals surface area (Å²) in [7, 11) is 0. The van der Waals surface area contributed by atoms with E-state index >= 15 is 0 Å². The summed E-state index contributed by atoms with van der Waals surface area (Å²) in [6.07, 6.45) is 2.23. The smallest absolute Gasteiger partial charge is 0.141 e. The molecule has 0 fully saturated rings. The van der Waals surface area contributed by atoms with Crippen LogP contribution in [-0.2, 0) is 11.2 Å². The second-order valence-corrected chi connectivity index (χ2v) is 4.08. The van der Waals surface area contributed by atoms with Gasteiger partial charge in [0.05, 0.1) is 12.1 Å². The molecule has 1 aromatic heterocycles. The van der Waals surface area contributed by atoms with Crippen molar-refractivity contribution in [3.05, 3.63) is 11.9 Å². The maximum absolute atomic E-state index is 11.4. The van der Waals surface area contributed by atoms with Crippen LogP contribution in [0.5, 0.6) is 0 Å². The third kappa shape index (κ3) is 2.65. The molecule has 0 saturated carbocycles. The molecule has 0 aliphatic heterocycles. The molecule has 0 atom stereocenters. The zero-order valence-electron chi connectivity index (χ0n) is 9.19. The molecule has 0 aromatic carbocycles. The van der Waals surface area contributed by atoms with Crippen molar-refractivity contribution in [2.24, 2.45) is 5.92 Å². The number of aromatic nitrogens is 3. The molecule has 0 spiro atoms. The highest BCUT2D eigenvalue weighted by atomic mass is 16.1. The predicted octanol–water partition coefficient (Wildman–Crippen LogP) is 1.63. The van der Waals surface area contributed by atoms with Gasteiger partial charge in [-0.25, -0.2) is 4.68 Å². The normalized spacial score (nSPS) is 11.3. The predicted molar refractivity (Wildman–Crippen MR) is 54.0 cm³/mol. The van der Waals surface area contributed by atoms with Crippen LogP contribution >= 0.6 is 0 Å². The van der Waals surface area contributed by atoms with Gasteiger partial charge in [0.1, 0.15) is 5.78 Å². The summed E-state index contributed by atoms with van der Waals surface area (Å²) in [6, 6.07) is 0.297. The fraction of sp³-hybridized carbons (Fsp3) is 0.700. The molecular weight excluding hydrogens is 178 g/mol. The molecule has 0 unspecified atom stereocenters. The number of Topliss-reactive ketones (excluding diaryl/α,β-unsaturated/α-hetero) is 1. The van der Waals surface area contributed by atoms with E-state index in [4.69, 9.17) is 0 Å². The summed E-state index contributed by atoms with van der Waals surface area (Å²) < 4.78 is 1.77. The van der Waals surface area contributed by atoms with Gasteiger partial charge in [0.15, 0.2) is 0 Å². The average molecular weight is 195 g/mol. The molecule has 1 rings (SSSR count). The second-order valence-electron chi connectivity index (χ2n) is 4.08. The lowest BCUT2D eigenvalue weighted by atomic mass is 10.1. The van der Waals surface area contributed by atoms with Crippen molar-refractivity contribution >= 4 is 5.78 Å². The molecule has 0 N–H and O–H groups in total. The lowest BCUT2D eigenvalue weighted by Gasteiger charge is -2.02. The average Bonchev–Trinajstić information content (AvgIpc) is 2.52. The molecule has 1 aromatic rings. The highest BCUT2D eigenvalue weighted by Crippen LogP contribution is 2.05. The number of rotatable bonds is 4. The van der Waals surface area contributed by atoms with Crippen LogP contribution in [0, 0.1) is 5.92 Å². The summed E-state index contributed by atoms with van der Waals surface area (Å²) >= 11 is 0. The minimum Gasteiger partial charge on any atom is -0.299 e. The first-order valence-electron chi connectivity index (χ1n) is 4.94. The molecule has 1 heterocycles. The molecule has 4 nitrogen and oxygen atoms in total. The number of hydrogen-bond donors (Lipinski definition) is 0. The molecule has 0 aliphatic carbocycles. The van der Waals surface area contributed by atoms with E-state index in [0.717, 1.165) is 5.69 Å². The van der Waals surface area contributed by atoms with Crippen LogP contribution in [0.3, 0.4) is 0 Å². The first-order chi connectivity index (χ1) is 6.50. The Balaban J connectivity index is 2.64. The molecule has 0 amide bonds. The Morgan fingerprint density at radius 1 is 1.43 bits per heavy atom. The van der Waals surface area contributed by atoms with Crippen molar-refractivity contribution in [2.45, 2.75) is 40.2 Å². The number of ketones is 1. The van der Waals surface area contributed by atoms with Gasteiger partial charge in [0, 0.05) is 18.2 Å².